The smallest absolute Gasteiger partial charge is 0.183 e. The number of nitrogens with two attached hydrogens (primary N) is 1. The first-order valence-corrected chi connectivity index (χ1v) is 7.49. The largest absolute Gasteiger partial charge is 0.451 e. The average Bonchev–Trinajstić information content (AvgIpc) is 2.64. The van der Waals surface area contributed by atoms with Gasteiger partial charge in [0.2, 0.25) is 0 Å². The molecule has 0 fully saturated rings. The number of hydrogen-bond donors (Lipinski definition) is 1. The van der Waals surface area contributed by atoms with E-state index >= 15 is 0 Å². The highest BCUT2D eigenvalue weighted by molar-refractivity contribution is 9.13. The third-order valence-electron chi connectivity index (χ3n) is 2.83. The highest BCUT2D eigenvalue weighted by atomic mass is 79.9. The SMILES string of the molecule is COCCN(C(C)C)C(CN)c1cc(Br)c(Br)o1. The zero-order valence-corrected chi connectivity index (χ0v) is 14.1. The molecule has 0 radical (unpaired) electrons. The van der Waals surface area contributed by atoms with E-state index in [-0.39, 0.29) is 6.04 Å². The zero-order chi connectivity index (χ0) is 13.7. The van der Waals surface area contributed by atoms with E-state index < -0.39 is 0 Å². The van der Waals surface area contributed by atoms with Gasteiger partial charge in [-0.05, 0) is 51.8 Å². The Balaban J connectivity index is 2.90. The monoisotopic (exact) mass is 382 g/mol. The summed E-state index contributed by atoms with van der Waals surface area (Å²) in [4.78, 5) is 2.28. The summed E-state index contributed by atoms with van der Waals surface area (Å²) in [6, 6.07) is 2.39. The predicted molar refractivity (Wildman–Crippen MR) is 79.6 cm³/mol. The fraction of sp³-hybridized carbons (Fsp3) is 0.667. The Labute approximate surface area is 125 Å². The van der Waals surface area contributed by atoms with Gasteiger partial charge in [-0.3, -0.25) is 4.90 Å². The molecule has 4 nitrogen and oxygen atoms in total. The van der Waals surface area contributed by atoms with E-state index in [1.165, 1.54) is 0 Å². The average molecular weight is 384 g/mol. The number of nitrogens with zero attached hydrogens (tertiary/aromatic N) is 1. The van der Waals surface area contributed by atoms with Crippen molar-refractivity contribution in [2.75, 3.05) is 26.8 Å². The van der Waals surface area contributed by atoms with Crippen LogP contribution in [0.3, 0.4) is 0 Å². The molecule has 0 saturated heterocycles. The van der Waals surface area contributed by atoms with Crippen LogP contribution in [0.1, 0.15) is 25.6 Å². The number of hydrogen-bond acceptors (Lipinski definition) is 4. The topological polar surface area (TPSA) is 51.6 Å². The first-order chi connectivity index (χ1) is 8.51. The van der Waals surface area contributed by atoms with Crippen molar-refractivity contribution in [1.29, 1.82) is 0 Å². The molecule has 0 aliphatic carbocycles. The van der Waals surface area contributed by atoms with Crippen LogP contribution < -0.4 is 5.73 Å². The number of ether oxygens (including phenoxy) is 1. The normalized spacial score (nSPS) is 13.6. The molecule has 0 aliphatic rings. The minimum Gasteiger partial charge on any atom is -0.451 e. The van der Waals surface area contributed by atoms with Crippen molar-refractivity contribution < 1.29 is 9.15 Å². The molecule has 1 atom stereocenters. The number of methoxy groups -OCH3 is 1. The van der Waals surface area contributed by atoms with Crippen LogP contribution in [0.25, 0.3) is 0 Å². The molecule has 1 aromatic heterocycles. The fourth-order valence-electron chi connectivity index (χ4n) is 1.91. The first-order valence-electron chi connectivity index (χ1n) is 5.90. The van der Waals surface area contributed by atoms with E-state index in [4.69, 9.17) is 14.9 Å². The molecule has 1 aromatic rings. The molecule has 0 aliphatic heterocycles. The second-order valence-electron chi connectivity index (χ2n) is 4.35. The summed E-state index contributed by atoms with van der Waals surface area (Å²) < 4.78 is 12.4. The Morgan fingerprint density at radius 3 is 2.50 bits per heavy atom. The molecule has 6 heteroatoms. The number of rotatable bonds is 7. The van der Waals surface area contributed by atoms with Crippen LogP contribution in [-0.4, -0.2) is 37.7 Å². The van der Waals surface area contributed by atoms with Gasteiger partial charge in [0.1, 0.15) is 5.76 Å². The lowest BCUT2D eigenvalue weighted by molar-refractivity contribution is 0.0887. The second-order valence-corrected chi connectivity index (χ2v) is 5.92. The van der Waals surface area contributed by atoms with Crippen molar-refractivity contribution in [3.05, 3.63) is 21.0 Å². The zero-order valence-electron chi connectivity index (χ0n) is 11.0. The standard InChI is InChI=1S/C12H20Br2N2O2/c1-8(2)16(4-5-17-3)10(7-15)11-6-9(13)12(14)18-11/h6,8,10H,4-5,7,15H2,1-3H3. The Bertz CT molecular complexity index is 349. The van der Waals surface area contributed by atoms with Gasteiger partial charge in [-0.25, -0.2) is 0 Å². The number of furan rings is 1. The van der Waals surface area contributed by atoms with Crippen molar-refractivity contribution >= 4 is 31.9 Å². The minimum absolute atomic E-state index is 0.0581. The third kappa shape index (κ3) is 4.06. The molecular weight excluding hydrogens is 364 g/mol. The van der Waals surface area contributed by atoms with Crippen LogP contribution >= 0.6 is 31.9 Å². The van der Waals surface area contributed by atoms with Gasteiger partial charge in [0.05, 0.1) is 17.1 Å². The van der Waals surface area contributed by atoms with Crippen molar-refractivity contribution in [3.63, 3.8) is 0 Å². The van der Waals surface area contributed by atoms with Crippen LogP contribution in [0.5, 0.6) is 0 Å². The molecule has 1 unspecified atom stereocenters. The van der Waals surface area contributed by atoms with Gasteiger partial charge in [-0.15, -0.1) is 0 Å². The lowest BCUT2D eigenvalue weighted by Crippen LogP contribution is -2.40. The van der Waals surface area contributed by atoms with Crippen LogP contribution in [0.2, 0.25) is 0 Å². The number of halogens is 2. The Kier molecular flexibility index (Phi) is 6.87. The lowest BCUT2D eigenvalue weighted by atomic mass is 10.1. The van der Waals surface area contributed by atoms with Crippen molar-refractivity contribution in [3.8, 4) is 0 Å². The Morgan fingerprint density at radius 1 is 1.44 bits per heavy atom. The van der Waals surface area contributed by atoms with E-state index in [1.807, 2.05) is 6.07 Å². The summed E-state index contributed by atoms with van der Waals surface area (Å²) in [6.45, 7) is 6.30. The van der Waals surface area contributed by atoms with Crippen LogP contribution in [0.4, 0.5) is 0 Å². The summed E-state index contributed by atoms with van der Waals surface area (Å²) in [7, 11) is 1.70. The Morgan fingerprint density at radius 2 is 2.11 bits per heavy atom. The van der Waals surface area contributed by atoms with Crippen molar-refractivity contribution in [1.82, 2.24) is 4.90 Å². The summed E-state index contributed by atoms with van der Waals surface area (Å²) in [5.41, 5.74) is 5.90. The summed E-state index contributed by atoms with van der Waals surface area (Å²) in [5.74, 6) is 0.862. The predicted octanol–water partition coefficient (Wildman–Crippen LogP) is 3.16. The minimum atomic E-state index is 0.0581. The van der Waals surface area contributed by atoms with Crippen LogP contribution in [0, 0.1) is 0 Å². The van der Waals surface area contributed by atoms with Crippen LogP contribution in [0.15, 0.2) is 19.6 Å². The molecule has 0 aromatic carbocycles. The van der Waals surface area contributed by atoms with Gasteiger partial charge in [0.15, 0.2) is 4.67 Å². The van der Waals surface area contributed by atoms with E-state index in [0.717, 1.165) is 16.8 Å². The molecule has 1 rings (SSSR count). The maximum Gasteiger partial charge on any atom is 0.183 e. The fourth-order valence-corrected chi connectivity index (χ4v) is 2.52. The molecule has 0 amide bonds. The van der Waals surface area contributed by atoms with Gasteiger partial charge in [0, 0.05) is 26.2 Å². The van der Waals surface area contributed by atoms with Gasteiger partial charge in [-0.1, -0.05) is 0 Å². The van der Waals surface area contributed by atoms with E-state index in [0.29, 0.717) is 23.9 Å². The lowest BCUT2D eigenvalue weighted by Gasteiger charge is -2.32. The third-order valence-corrected chi connectivity index (χ3v) is 4.54. The quantitative estimate of drug-likeness (QED) is 0.785. The summed E-state index contributed by atoms with van der Waals surface area (Å²) >= 11 is 6.78. The molecular formula is C12H20Br2N2O2. The highest BCUT2D eigenvalue weighted by Gasteiger charge is 2.25. The molecule has 0 saturated carbocycles. The molecule has 2 N–H and O–H groups in total. The van der Waals surface area contributed by atoms with Gasteiger partial charge >= 0.3 is 0 Å². The van der Waals surface area contributed by atoms with Crippen molar-refractivity contribution in [2.45, 2.75) is 25.9 Å². The molecule has 0 spiro atoms. The molecule has 1 heterocycles. The highest BCUT2D eigenvalue weighted by Crippen LogP contribution is 2.32. The first kappa shape index (κ1) is 16.2. The summed E-state index contributed by atoms with van der Waals surface area (Å²) in [6.07, 6.45) is 0. The van der Waals surface area contributed by atoms with Crippen molar-refractivity contribution in [2.24, 2.45) is 5.73 Å². The maximum absolute atomic E-state index is 5.90. The van der Waals surface area contributed by atoms with Crippen LogP contribution in [-0.2, 0) is 4.74 Å². The molecule has 18 heavy (non-hydrogen) atoms. The molecule has 0 bridgehead atoms. The van der Waals surface area contributed by atoms with Gasteiger partial charge in [-0.2, -0.15) is 0 Å². The molecule has 104 valence electrons. The van der Waals surface area contributed by atoms with E-state index in [2.05, 4.69) is 50.6 Å². The second kappa shape index (κ2) is 7.65. The van der Waals surface area contributed by atoms with E-state index in [1.54, 1.807) is 7.11 Å². The Hall–Kier alpha value is 0.120. The van der Waals surface area contributed by atoms with Gasteiger partial charge < -0.3 is 14.9 Å². The maximum atomic E-state index is 5.90. The van der Waals surface area contributed by atoms with E-state index in [9.17, 15) is 0 Å². The van der Waals surface area contributed by atoms with Gasteiger partial charge in [0.25, 0.3) is 0 Å². The summed E-state index contributed by atoms with van der Waals surface area (Å²) in [5, 5.41) is 0.